The van der Waals surface area contributed by atoms with Crippen molar-refractivity contribution in [1.29, 1.82) is 0 Å². The molecule has 3 heterocycles. The predicted octanol–water partition coefficient (Wildman–Crippen LogP) is -3.08. The van der Waals surface area contributed by atoms with Crippen molar-refractivity contribution in [1.82, 2.24) is 4.90 Å². The van der Waals surface area contributed by atoms with Gasteiger partial charge in [0.05, 0.1) is 6.61 Å². The Morgan fingerprint density at radius 1 is 1.38 bits per heavy atom. The molecule has 0 aromatic heterocycles. The van der Waals surface area contributed by atoms with Gasteiger partial charge in [0.2, 0.25) is 5.96 Å². The van der Waals surface area contributed by atoms with E-state index in [9.17, 15) is 20.1 Å². The van der Waals surface area contributed by atoms with E-state index in [0.29, 0.717) is 0 Å². The van der Waals surface area contributed by atoms with Crippen molar-refractivity contribution in [2.24, 2.45) is 20.7 Å². The Hall–Kier alpha value is -2.34. The molecular weight excluding hydrogens is 322 g/mol. The lowest BCUT2D eigenvalue weighted by Gasteiger charge is -2.29. The fourth-order valence-electron chi connectivity index (χ4n) is 2.63. The number of rotatable bonds is 4. The van der Waals surface area contributed by atoms with Crippen LogP contribution < -0.4 is 5.73 Å². The number of hydrogen-bond acceptors (Lipinski definition) is 10. The highest BCUT2D eigenvalue weighted by molar-refractivity contribution is 6.23. The number of aliphatic hydroxyl groups excluding tert-OH is 3. The summed E-state index contributed by atoms with van der Waals surface area (Å²) < 4.78 is 10.9. The second kappa shape index (κ2) is 6.28. The number of carbonyl (C=O) groups is 1. The maximum absolute atomic E-state index is 12.0. The van der Waals surface area contributed by atoms with Gasteiger partial charge in [-0.25, -0.2) is 4.99 Å². The summed E-state index contributed by atoms with van der Waals surface area (Å²) in [5.74, 6) is -0.823. The zero-order valence-electron chi connectivity index (χ0n) is 12.5. The van der Waals surface area contributed by atoms with Gasteiger partial charge in [0.15, 0.2) is 18.1 Å². The first-order valence-corrected chi connectivity index (χ1v) is 7.17. The van der Waals surface area contributed by atoms with Crippen molar-refractivity contribution in [2.45, 2.75) is 30.6 Å². The van der Waals surface area contributed by atoms with Crippen LogP contribution >= 0.6 is 0 Å². The number of nitrogens with zero attached hydrogens (tertiary/aromatic N) is 4. The van der Waals surface area contributed by atoms with Crippen LogP contribution in [0.25, 0.3) is 0 Å². The SMILES string of the molecule is C=CCOC1=NC2C(=O)N=C(N)N=C2N1C1OC(CO)C(O)C1O. The summed E-state index contributed by atoms with van der Waals surface area (Å²) in [4.78, 5) is 24.8. The summed E-state index contributed by atoms with van der Waals surface area (Å²) in [5, 5.41) is 29.4. The van der Waals surface area contributed by atoms with E-state index in [1.54, 1.807) is 0 Å². The van der Waals surface area contributed by atoms with E-state index in [0.717, 1.165) is 0 Å². The van der Waals surface area contributed by atoms with Crippen LogP contribution in [0.3, 0.4) is 0 Å². The molecule has 1 fully saturated rings. The number of guanidine groups is 1. The predicted molar refractivity (Wildman–Crippen MR) is 81.0 cm³/mol. The maximum Gasteiger partial charge on any atom is 0.296 e. The van der Waals surface area contributed by atoms with Gasteiger partial charge >= 0.3 is 0 Å². The van der Waals surface area contributed by atoms with Crippen molar-refractivity contribution in [3.05, 3.63) is 12.7 Å². The van der Waals surface area contributed by atoms with Crippen LogP contribution in [0.4, 0.5) is 0 Å². The van der Waals surface area contributed by atoms with Crippen molar-refractivity contribution in [3.63, 3.8) is 0 Å². The van der Waals surface area contributed by atoms with E-state index in [-0.39, 0.29) is 24.4 Å². The van der Waals surface area contributed by atoms with E-state index < -0.39 is 43.1 Å². The van der Waals surface area contributed by atoms with E-state index in [1.165, 1.54) is 11.0 Å². The summed E-state index contributed by atoms with van der Waals surface area (Å²) in [5.41, 5.74) is 5.52. The third kappa shape index (κ3) is 2.57. The first-order chi connectivity index (χ1) is 11.5. The molecule has 0 aromatic rings. The van der Waals surface area contributed by atoms with Gasteiger partial charge in [-0.15, -0.1) is 0 Å². The summed E-state index contributed by atoms with van der Waals surface area (Å²) in [6.07, 6.45) is -3.42. The molecule has 0 bridgehead atoms. The molecule has 24 heavy (non-hydrogen) atoms. The van der Waals surface area contributed by atoms with Crippen LogP contribution in [0.2, 0.25) is 0 Å². The van der Waals surface area contributed by atoms with Gasteiger partial charge in [-0.2, -0.15) is 9.98 Å². The molecule has 0 aliphatic carbocycles. The minimum Gasteiger partial charge on any atom is -0.461 e. The second-order valence-electron chi connectivity index (χ2n) is 5.29. The summed E-state index contributed by atoms with van der Waals surface area (Å²) >= 11 is 0. The molecule has 0 radical (unpaired) electrons. The molecule has 1 amide bonds. The number of carbonyl (C=O) groups excluding carboxylic acids is 1. The number of nitrogens with two attached hydrogens (primary N) is 1. The average Bonchev–Trinajstić information content (AvgIpc) is 3.04. The van der Waals surface area contributed by atoms with Gasteiger partial charge in [0.25, 0.3) is 11.9 Å². The normalized spacial score (nSPS) is 35.3. The molecule has 3 aliphatic heterocycles. The minimum absolute atomic E-state index is 0.0493. The highest BCUT2D eigenvalue weighted by atomic mass is 16.6. The molecule has 3 aliphatic rings. The number of aliphatic imine (C=N–C) groups is 3. The highest BCUT2D eigenvalue weighted by Gasteiger charge is 2.52. The molecule has 5 atom stereocenters. The molecular formula is C13H17N5O6. The molecule has 5 unspecified atom stereocenters. The van der Waals surface area contributed by atoms with Gasteiger partial charge in [-0.05, 0) is 0 Å². The third-order valence-corrected chi connectivity index (χ3v) is 3.73. The van der Waals surface area contributed by atoms with Gasteiger partial charge in [0.1, 0.15) is 24.9 Å². The Morgan fingerprint density at radius 3 is 2.75 bits per heavy atom. The Morgan fingerprint density at radius 2 is 2.12 bits per heavy atom. The van der Waals surface area contributed by atoms with Crippen LogP contribution in [-0.4, -0.2) is 87.7 Å². The zero-order valence-corrected chi connectivity index (χ0v) is 12.5. The molecule has 130 valence electrons. The van der Waals surface area contributed by atoms with Crippen molar-refractivity contribution >= 4 is 23.7 Å². The number of hydrogen-bond donors (Lipinski definition) is 4. The Bertz CT molecular complexity index is 647. The Balaban J connectivity index is 1.96. The van der Waals surface area contributed by atoms with E-state index >= 15 is 0 Å². The number of ether oxygens (including phenoxy) is 2. The van der Waals surface area contributed by atoms with Crippen molar-refractivity contribution in [2.75, 3.05) is 13.2 Å². The largest absolute Gasteiger partial charge is 0.461 e. The number of fused-ring (bicyclic) bond motifs is 1. The lowest BCUT2D eigenvalue weighted by Crippen LogP contribution is -2.52. The average molecular weight is 339 g/mol. The number of aliphatic hydroxyl groups is 3. The fourth-order valence-corrected chi connectivity index (χ4v) is 2.63. The number of amides is 1. The monoisotopic (exact) mass is 339 g/mol. The first-order valence-electron chi connectivity index (χ1n) is 7.17. The van der Waals surface area contributed by atoms with E-state index in [1.807, 2.05) is 0 Å². The molecule has 11 nitrogen and oxygen atoms in total. The molecule has 5 N–H and O–H groups in total. The quantitative estimate of drug-likeness (QED) is 0.392. The van der Waals surface area contributed by atoms with Gasteiger partial charge in [-0.3, -0.25) is 9.69 Å². The van der Waals surface area contributed by atoms with Crippen LogP contribution in [0, 0.1) is 0 Å². The molecule has 3 rings (SSSR count). The maximum atomic E-state index is 12.0. The Labute approximate surface area is 136 Å². The van der Waals surface area contributed by atoms with Crippen LogP contribution in [0.1, 0.15) is 0 Å². The summed E-state index contributed by atoms with van der Waals surface area (Å²) in [6, 6.07) is -1.12. The fraction of sp³-hybridized carbons (Fsp3) is 0.538. The van der Waals surface area contributed by atoms with Crippen LogP contribution in [-0.2, 0) is 14.3 Å². The van der Waals surface area contributed by atoms with Gasteiger partial charge < -0.3 is 30.5 Å². The molecule has 1 saturated heterocycles. The summed E-state index contributed by atoms with van der Waals surface area (Å²) in [6.45, 7) is 3.10. The van der Waals surface area contributed by atoms with Crippen LogP contribution in [0.5, 0.6) is 0 Å². The minimum atomic E-state index is -1.39. The Kier molecular flexibility index (Phi) is 4.32. The van der Waals surface area contributed by atoms with E-state index in [2.05, 4.69) is 21.6 Å². The van der Waals surface area contributed by atoms with Crippen molar-refractivity contribution < 1.29 is 29.6 Å². The molecule has 0 aromatic carbocycles. The molecule has 0 spiro atoms. The zero-order chi connectivity index (χ0) is 17.4. The lowest BCUT2D eigenvalue weighted by atomic mass is 10.1. The topological polar surface area (TPSA) is 163 Å². The van der Waals surface area contributed by atoms with Gasteiger partial charge in [0, 0.05) is 0 Å². The highest BCUT2D eigenvalue weighted by Crippen LogP contribution is 2.29. The standard InChI is InChI=1S/C13H17N5O6/c1-2-3-23-13-15-6-9(16-12(14)17-10(6)22)18(13)11-8(21)7(20)5(4-19)24-11/h2,5-8,11,19-21H,1,3-4H2,(H2,14,17,22). The lowest BCUT2D eigenvalue weighted by molar-refractivity contribution is -0.117. The number of amidine groups is 2. The summed E-state index contributed by atoms with van der Waals surface area (Å²) in [7, 11) is 0. The molecule has 0 saturated carbocycles. The molecule has 11 heteroatoms. The van der Waals surface area contributed by atoms with E-state index in [4.69, 9.17) is 15.2 Å². The van der Waals surface area contributed by atoms with Gasteiger partial charge in [-0.1, -0.05) is 12.7 Å². The third-order valence-electron chi connectivity index (χ3n) is 3.73. The first kappa shape index (κ1) is 16.5. The van der Waals surface area contributed by atoms with Crippen molar-refractivity contribution in [3.8, 4) is 0 Å². The second-order valence-corrected chi connectivity index (χ2v) is 5.29. The van der Waals surface area contributed by atoms with Crippen LogP contribution in [0.15, 0.2) is 27.6 Å². The smallest absolute Gasteiger partial charge is 0.296 e.